The van der Waals surface area contributed by atoms with E-state index in [1.54, 1.807) is 24.3 Å². The molecule has 2 fully saturated rings. The number of nitrogens with one attached hydrogen (secondary N) is 1. The number of rotatable bonds is 4. The largest absolute Gasteiger partial charge is 0.366 e. The van der Waals surface area contributed by atoms with E-state index in [0.29, 0.717) is 30.6 Å². The van der Waals surface area contributed by atoms with E-state index in [2.05, 4.69) is 5.32 Å². The quantitative estimate of drug-likeness (QED) is 0.876. The number of carbonyl (C=O) groups excluding carboxylic acids is 1. The van der Waals surface area contributed by atoms with Crippen LogP contribution in [0.5, 0.6) is 0 Å². The van der Waals surface area contributed by atoms with Gasteiger partial charge >= 0.3 is 0 Å². The molecule has 1 saturated carbocycles. The van der Waals surface area contributed by atoms with Gasteiger partial charge in [-0.25, -0.2) is 8.42 Å². The second-order valence-corrected chi connectivity index (χ2v) is 7.87. The molecule has 1 N–H and O–H groups in total. The highest BCUT2D eigenvalue weighted by molar-refractivity contribution is 7.90. The molecule has 1 aliphatic heterocycles. The smallest absolute Gasteiger partial charge is 0.251 e. The lowest BCUT2D eigenvalue weighted by Gasteiger charge is -2.33. The van der Waals surface area contributed by atoms with E-state index < -0.39 is 15.9 Å². The molecule has 1 saturated heterocycles. The van der Waals surface area contributed by atoms with Crippen LogP contribution in [-0.2, 0) is 19.4 Å². The number of morpholine rings is 1. The SMILES string of the molecule is CS(=O)(=O)c1ccc(N2CCOC(C(=O)NC3CC3)C2)cc1. The second-order valence-electron chi connectivity index (χ2n) is 5.85. The average Bonchev–Trinajstić information content (AvgIpc) is 3.30. The minimum atomic E-state index is -3.19. The number of amides is 1. The number of hydrogen-bond acceptors (Lipinski definition) is 5. The molecule has 1 unspecified atom stereocenters. The zero-order chi connectivity index (χ0) is 15.7. The van der Waals surface area contributed by atoms with Crippen molar-refractivity contribution in [2.24, 2.45) is 0 Å². The predicted molar refractivity (Wildman–Crippen MR) is 82.7 cm³/mol. The summed E-state index contributed by atoms with van der Waals surface area (Å²) in [4.78, 5) is 14.4. The fraction of sp³-hybridized carbons (Fsp3) is 0.533. The molecule has 2 aliphatic rings. The highest BCUT2D eigenvalue weighted by Crippen LogP contribution is 2.22. The van der Waals surface area contributed by atoms with E-state index in [4.69, 9.17) is 4.74 Å². The standard InChI is InChI=1S/C15H20N2O4S/c1-22(19,20)13-6-4-12(5-7-13)17-8-9-21-14(10-17)15(18)16-11-2-3-11/h4-7,11,14H,2-3,8-10H2,1H3,(H,16,18). The molecule has 0 aromatic heterocycles. The molecule has 22 heavy (non-hydrogen) atoms. The maximum absolute atomic E-state index is 12.1. The summed E-state index contributed by atoms with van der Waals surface area (Å²) >= 11 is 0. The van der Waals surface area contributed by atoms with Gasteiger partial charge in [-0.15, -0.1) is 0 Å². The zero-order valence-corrected chi connectivity index (χ0v) is 13.3. The Bertz CT molecular complexity index is 653. The third-order valence-electron chi connectivity index (χ3n) is 3.91. The van der Waals surface area contributed by atoms with E-state index >= 15 is 0 Å². The fourth-order valence-corrected chi connectivity index (χ4v) is 3.10. The predicted octanol–water partition coefficient (Wildman–Crippen LogP) is 0.574. The van der Waals surface area contributed by atoms with Crippen molar-refractivity contribution in [3.8, 4) is 0 Å². The number of anilines is 1. The van der Waals surface area contributed by atoms with Crippen LogP contribution in [0.3, 0.4) is 0 Å². The third kappa shape index (κ3) is 3.59. The second kappa shape index (κ2) is 5.89. The molecule has 0 spiro atoms. The number of nitrogens with zero attached hydrogens (tertiary/aromatic N) is 1. The van der Waals surface area contributed by atoms with Crippen molar-refractivity contribution in [3.63, 3.8) is 0 Å². The Morgan fingerprint density at radius 1 is 1.27 bits per heavy atom. The summed E-state index contributed by atoms with van der Waals surface area (Å²) in [6.45, 7) is 1.65. The molecule has 1 amide bonds. The number of carbonyl (C=O) groups is 1. The monoisotopic (exact) mass is 324 g/mol. The maximum Gasteiger partial charge on any atom is 0.251 e. The Hall–Kier alpha value is -1.60. The molecule has 0 radical (unpaired) electrons. The van der Waals surface area contributed by atoms with Crippen LogP contribution >= 0.6 is 0 Å². The molecule has 0 bridgehead atoms. The number of benzene rings is 1. The first-order chi connectivity index (χ1) is 10.4. The van der Waals surface area contributed by atoms with Gasteiger partial charge in [0.05, 0.1) is 18.0 Å². The number of hydrogen-bond donors (Lipinski definition) is 1. The minimum absolute atomic E-state index is 0.0556. The zero-order valence-electron chi connectivity index (χ0n) is 12.5. The summed E-state index contributed by atoms with van der Waals surface area (Å²) in [7, 11) is -3.19. The molecule has 1 aliphatic carbocycles. The summed E-state index contributed by atoms with van der Waals surface area (Å²) in [5, 5.41) is 2.95. The molecule has 120 valence electrons. The van der Waals surface area contributed by atoms with Crippen LogP contribution in [0.1, 0.15) is 12.8 Å². The van der Waals surface area contributed by atoms with E-state index in [9.17, 15) is 13.2 Å². The first-order valence-corrected chi connectivity index (χ1v) is 9.30. The molecule has 1 atom stereocenters. The van der Waals surface area contributed by atoms with Crippen LogP contribution in [0.15, 0.2) is 29.2 Å². The van der Waals surface area contributed by atoms with Gasteiger partial charge in [-0.1, -0.05) is 0 Å². The lowest BCUT2D eigenvalue weighted by Crippen LogP contribution is -2.50. The Kier molecular flexibility index (Phi) is 4.10. The van der Waals surface area contributed by atoms with Crippen LogP contribution in [0.2, 0.25) is 0 Å². The Labute approximate surface area is 130 Å². The van der Waals surface area contributed by atoms with Crippen molar-refractivity contribution in [2.45, 2.75) is 29.9 Å². The van der Waals surface area contributed by atoms with Gasteiger partial charge in [-0.05, 0) is 37.1 Å². The molecule has 1 aromatic rings. The first kappa shape index (κ1) is 15.3. The third-order valence-corrected chi connectivity index (χ3v) is 5.04. The van der Waals surface area contributed by atoms with Gasteiger partial charge in [-0.3, -0.25) is 4.79 Å². The molecule has 3 rings (SSSR count). The van der Waals surface area contributed by atoms with Gasteiger partial charge < -0.3 is 15.0 Å². The van der Waals surface area contributed by atoms with Crippen LogP contribution in [-0.4, -0.2) is 52.4 Å². The van der Waals surface area contributed by atoms with Crippen molar-refractivity contribution in [2.75, 3.05) is 30.9 Å². The van der Waals surface area contributed by atoms with Crippen LogP contribution in [0, 0.1) is 0 Å². The molecule has 1 aromatic carbocycles. The van der Waals surface area contributed by atoms with Crippen LogP contribution in [0.4, 0.5) is 5.69 Å². The average molecular weight is 324 g/mol. The Balaban J connectivity index is 1.67. The molecular formula is C15H20N2O4S. The Morgan fingerprint density at radius 2 is 1.95 bits per heavy atom. The lowest BCUT2D eigenvalue weighted by molar-refractivity contribution is -0.133. The van der Waals surface area contributed by atoms with Gasteiger partial charge in [0.1, 0.15) is 0 Å². The normalized spacial score (nSPS) is 22.4. The highest BCUT2D eigenvalue weighted by atomic mass is 32.2. The van der Waals surface area contributed by atoms with Gasteiger partial charge in [0, 0.05) is 24.5 Å². The molecule has 6 nitrogen and oxygen atoms in total. The molecule has 7 heteroatoms. The highest BCUT2D eigenvalue weighted by Gasteiger charge is 2.31. The maximum atomic E-state index is 12.1. The first-order valence-electron chi connectivity index (χ1n) is 7.40. The lowest BCUT2D eigenvalue weighted by atomic mass is 10.2. The van der Waals surface area contributed by atoms with Crippen LogP contribution < -0.4 is 10.2 Å². The van der Waals surface area contributed by atoms with E-state index in [1.165, 1.54) is 6.26 Å². The van der Waals surface area contributed by atoms with Crippen molar-refractivity contribution < 1.29 is 17.9 Å². The van der Waals surface area contributed by atoms with Crippen molar-refractivity contribution in [1.82, 2.24) is 5.32 Å². The van der Waals surface area contributed by atoms with E-state index in [1.807, 2.05) is 4.90 Å². The summed E-state index contributed by atoms with van der Waals surface area (Å²) in [6, 6.07) is 7.06. The van der Waals surface area contributed by atoms with Gasteiger partial charge in [0.2, 0.25) is 0 Å². The Morgan fingerprint density at radius 3 is 2.55 bits per heavy atom. The van der Waals surface area contributed by atoms with Crippen molar-refractivity contribution in [1.29, 1.82) is 0 Å². The molecule has 1 heterocycles. The fourth-order valence-electron chi connectivity index (χ4n) is 2.47. The van der Waals surface area contributed by atoms with Gasteiger partial charge in [0.15, 0.2) is 15.9 Å². The van der Waals surface area contributed by atoms with Gasteiger partial charge in [-0.2, -0.15) is 0 Å². The summed E-state index contributed by atoms with van der Waals surface area (Å²) in [6.07, 6.45) is 2.82. The van der Waals surface area contributed by atoms with Gasteiger partial charge in [0.25, 0.3) is 5.91 Å². The van der Waals surface area contributed by atoms with E-state index in [0.717, 1.165) is 18.5 Å². The number of sulfone groups is 1. The topological polar surface area (TPSA) is 75.7 Å². The van der Waals surface area contributed by atoms with Crippen molar-refractivity contribution in [3.05, 3.63) is 24.3 Å². The van der Waals surface area contributed by atoms with Crippen LogP contribution in [0.25, 0.3) is 0 Å². The summed E-state index contributed by atoms with van der Waals surface area (Å²) in [5.41, 5.74) is 0.903. The summed E-state index contributed by atoms with van der Waals surface area (Å²) < 4.78 is 28.5. The number of ether oxygens (including phenoxy) is 1. The van der Waals surface area contributed by atoms with E-state index in [-0.39, 0.29) is 5.91 Å². The van der Waals surface area contributed by atoms with Crippen molar-refractivity contribution >= 4 is 21.4 Å². The molecular weight excluding hydrogens is 304 g/mol. The minimum Gasteiger partial charge on any atom is -0.366 e. The summed E-state index contributed by atoms with van der Waals surface area (Å²) in [5.74, 6) is -0.0556.